The Kier molecular flexibility index (Phi) is 2.67. The van der Waals surface area contributed by atoms with Crippen molar-refractivity contribution in [3.63, 3.8) is 0 Å². The second-order valence-corrected chi connectivity index (χ2v) is 4.33. The summed E-state index contributed by atoms with van der Waals surface area (Å²) in [6.07, 6.45) is 3.15. The fourth-order valence-electron chi connectivity index (χ4n) is 2.14. The van der Waals surface area contributed by atoms with E-state index in [0.717, 1.165) is 0 Å². The molecule has 0 spiro atoms. The van der Waals surface area contributed by atoms with Gasteiger partial charge in [-0.05, 0) is 26.0 Å². The highest BCUT2D eigenvalue weighted by molar-refractivity contribution is 5.90. The Hall–Kier alpha value is -2.83. The zero-order valence-corrected chi connectivity index (χ0v) is 10.9. The van der Waals surface area contributed by atoms with E-state index < -0.39 is 5.97 Å². The molecule has 0 fully saturated rings. The maximum atomic E-state index is 11.2. The van der Waals surface area contributed by atoms with Crippen LogP contribution in [0.3, 0.4) is 0 Å². The first-order valence-corrected chi connectivity index (χ1v) is 5.95. The van der Waals surface area contributed by atoms with Crippen LogP contribution in [0, 0.1) is 13.8 Å². The lowest BCUT2D eigenvalue weighted by Crippen LogP contribution is -2.04. The van der Waals surface area contributed by atoms with Gasteiger partial charge in [-0.25, -0.2) is 19.4 Å². The van der Waals surface area contributed by atoms with Crippen LogP contribution in [0.5, 0.6) is 0 Å². The Bertz CT molecular complexity index is 825. The molecule has 7 heteroatoms. The van der Waals surface area contributed by atoms with E-state index in [4.69, 9.17) is 0 Å². The fourth-order valence-corrected chi connectivity index (χ4v) is 2.14. The second-order valence-electron chi connectivity index (χ2n) is 4.33. The molecule has 0 aliphatic carbocycles. The molecule has 3 aromatic heterocycles. The molecule has 7 nitrogen and oxygen atoms in total. The van der Waals surface area contributed by atoms with Gasteiger partial charge in [-0.2, -0.15) is 5.10 Å². The van der Waals surface area contributed by atoms with Crippen molar-refractivity contribution in [1.29, 1.82) is 0 Å². The van der Waals surface area contributed by atoms with Crippen LogP contribution in [-0.2, 0) is 0 Å². The predicted octanol–water partition coefficient (Wildman–Crippen LogP) is 1.53. The van der Waals surface area contributed by atoms with Crippen molar-refractivity contribution in [2.24, 2.45) is 0 Å². The summed E-state index contributed by atoms with van der Waals surface area (Å²) in [6.45, 7) is 3.36. The monoisotopic (exact) mass is 269 g/mol. The van der Waals surface area contributed by atoms with Crippen molar-refractivity contribution in [1.82, 2.24) is 24.7 Å². The molecule has 1 N–H and O–H groups in total. The molecule has 20 heavy (non-hydrogen) atoms. The first kappa shape index (κ1) is 12.2. The number of carbonyl (C=O) groups is 1. The summed E-state index contributed by atoms with van der Waals surface area (Å²) in [5, 5.41) is 13.4. The number of aryl methyl sites for hydroxylation is 1. The van der Waals surface area contributed by atoms with E-state index in [2.05, 4.69) is 20.1 Å². The third-order valence-electron chi connectivity index (χ3n) is 3.04. The number of aromatic carboxylic acids is 1. The second kappa shape index (κ2) is 4.37. The largest absolute Gasteiger partial charge is 0.478 e. The summed E-state index contributed by atoms with van der Waals surface area (Å²) >= 11 is 0. The molecule has 0 aliphatic rings. The zero-order valence-electron chi connectivity index (χ0n) is 10.9. The van der Waals surface area contributed by atoms with Crippen molar-refractivity contribution in [3.05, 3.63) is 41.5 Å². The number of hydrogen-bond acceptors (Lipinski definition) is 5. The molecule has 0 aromatic carbocycles. The van der Waals surface area contributed by atoms with Crippen LogP contribution in [0.15, 0.2) is 24.5 Å². The molecule has 0 radical (unpaired) electrons. The Balaban J connectivity index is 2.21. The summed E-state index contributed by atoms with van der Waals surface area (Å²) in [4.78, 5) is 23.8. The lowest BCUT2D eigenvalue weighted by atomic mass is 10.2. The van der Waals surface area contributed by atoms with Crippen LogP contribution in [0.25, 0.3) is 17.0 Å². The highest BCUT2D eigenvalue weighted by Crippen LogP contribution is 2.18. The molecule has 0 amide bonds. The highest BCUT2D eigenvalue weighted by atomic mass is 16.4. The Morgan fingerprint density at radius 3 is 2.65 bits per heavy atom. The van der Waals surface area contributed by atoms with Crippen LogP contribution < -0.4 is 0 Å². The quantitative estimate of drug-likeness (QED) is 0.758. The summed E-state index contributed by atoms with van der Waals surface area (Å²) in [6, 6.07) is 3.52. The van der Waals surface area contributed by atoms with E-state index in [1.807, 2.05) is 0 Å². The van der Waals surface area contributed by atoms with E-state index in [0.29, 0.717) is 28.4 Å². The molecule has 0 aliphatic heterocycles. The number of nitrogens with zero attached hydrogens (tertiary/aromatic N) is 5. The maximum absolute atomic E-state index is 11.2. The summed E-state index contributed by atoms with van der Waals surface area (Å²) in [5.41, 5.74) is 2.36. The molecule has 0 bridgehead atoms. The van der Waals surface area contributed by atoms with Crippen LogP contribution in [-0.4, -0.2) is 35.8 Å². The topological polar surface area (TPSA) is 93.8 Å². The van der Waals surface area contributed by atoms with E-state index >= 15 is 0 Å². The Morgan fingerprint density at radius 1 is 1.20 bits per heavy atom. The average Bonchev–Trinajstić information content (AvgIpc) is 2.73. The molecule has 0 atom stereocenters. The van der Waals surface area contributed by atoms with Gasteiger partial charge in [0.1, 0.15) is 11.1 Å². The molecule has 3 aromatic rings. The third kappa shape index (κ3) is 1.80. The van der Waals surface area contributed by atoms with Gasteiger partial charge in [0.25, 0.3) is 0 Å². The molecular weight excluding hydrogens is 258 g/mol. The molecule has 3 heterocycles. The molecular formula is C13H11N5O2. The number of carboxylic acid groups (broad SMARTS) is 1. The summed E-state index contributed by atoms with van der Waals surface area (Å²) in [7, 11) is 0. The fraction of sp³-hybridized carbons (Fsp3) is 0.154. The normalized spacial score (nSPS) is 10.9. The van der Waals surface area contributed by atoms with Crippen molar-refractivity contribution < 1.29 is 9.90 Å². The smallest absolute Gasteiger partial charge is 0.339 e. The van der Waals surface area contributed by atoms with Crippen molar-refractivity contribution in [2.45, 2.75) is 13.8 Å². The van der Waals surface area contributed by atoms with Crippen molar-refractivity contribution >= 4 is 17.1 Å². The van der Waals surface area contributed by atoms with Gasteiger partial charge in [0.2, 0.25) is 0 Å². The van der Waals surface area contributed by atoms with Crippen molar-refractivity contribution in [2.75, 3.05) is 0 Å². The molecule has 3 rings (SSSR count). The van der Waals surface area contributed by atoms with Gasteiger partial charge in [-0.1, -0.05) is 0 Å². The number of hydrogen-bond donors (Lipinski definition) is 1. The number of pyridine rings is 1. The SMILES string of the molecule is Cc1nn(-c2ccc3nccnc3n2)c(C)c1C(=O)O. The zero-order chi connectivity index (χ0) is 14.3. The van der Waals surface area contributed by atoms with Crippen LogP contribution in [0.4, 0.5) is 0 Å². The summed E-state index contributed by atoms with van der Waals surface area (Å²) < 4.78 is 1.51. The summed E-state index contributed by atoms with van der Waals surface area (Å²) in [5.74, 6) is -0.474. The minimum atomic E-state index is -0.994. The van der Waals surface area contributed by atoms with E-state index in [9.17, 15) is 9.90 Å². The lowest BCUT2D eigenvalue weighted by Gasteiger charge is -2.04. The van der Waals surface area contributed by atoms with E-state index in [-0.39, 0.29) is 5.56 Å². The van der Waals surface area contributed by atoms with Gasteiger partial charge in [0.05, 0.1) is 11.4 Å². The van der Waals surface area contributed by atoms with Crippen LogP contribution >= 0.6 is 0 Å². The number of carboxylic acids is 1. The lowest BCUT2D eigenvalue weighted by molar-refractivity contribution is 0.0695. The predicted molar refractivity (Wildman–Crippen MR) is 70.9 cm³/mol. The van der Waals surface area contributed by atoms with Gasteiger partial charge in [0.15, 0.2) is 11.5 Å². The van der Waals surface area contributed by atoms with Gasteiger partial charge in [-0.3, -0.25) is 4.98 Å². The number of rotatable bonds is 2. The highest BCUT2D eigenvalue weighted by Gasteiger charge is 2.19. The molecule has 0 unspecified atom stereocenters. The van der Waals surface area contributed by atoms with Gasteiger partial charge in [0, 0.05) is 12.4 Å². The van der Waals surface area contributed by atoms with Gasteiger partial charge < -0.3 is 5.11 Å². The van der Waals surface area contributed by atoms with Crippen LogP contribution in [0.1, 0.15) is 21.7 Å². The van der Waals surface area contributed by atoms with Crippen molar-refractivity contribution in [3.8, 4) is 5.82 Å². The Labute approximate surface area is 113 Å². The first-order valence-electron chi connectivity index (χ1n) is 5.95. The van der Waals surface area contributed by atoms with E-state index in [1.54, 1.807) is 38.4 Å². The van der Waals surface area contributed by atoms with Gasteiger partial charge >= 0.3 is 5.97 Å². The number of aromatic nitrogens is 5. The first-order chi connectivity index (χ1) is 9.58. The standard InChI is InChI=1S/C13H11N5O2/c1-7-11(13(19)20)8(2)18(17-7)10-4-3-9-12(16-10)15-6-5-14-9/h3-6H,1-2H3,(H,19,20). The minimum Gasteiger partial charge on any atom is -0.478 e. The van der Waals surface area contributed by atoms with E-state index in [1.165, 1.54) is 4.68 Å². The Morgan fingerprint density at radius 2 is 1.95 bits per heavy atom. The van der Waals surface area contributed by atoms with Gasteiger partial charge in [-0.15, -0.1) is 0 Å². The molecule has 0 saturated heterocycles. The molecule has 0 saturated carbocycles. The molecule has 100 valence electrons. The third-order valence-corrected chi connectivity index (χ3v) is 3.04. The number of fused-ring (bicyclic) bond motifs is 1. The maximum Gasteiger partial charge on any atom is 0.339 e. The minimum absolute atomic E-state index is 0.200. The van der Waals surface area contributed by atoms with Crippen LogP contribution in [0.2, 0.25) is 0 Å². The average molecular weight is 269 g/mol.